The van der Waals surface area contributed by atoms with Crippen LogP contribution in [-0.2, 0) is 19.2 Å². The van der Waals surface area contributed by atoms with Crippen LogP contribution < -0.4 is 26.6 Å². The number of aromatic hydroxyl groups is 1. The van der Waals surface area contributed by atoms with Gasteiger partial charge < -0.3 is 36.8 Å². The molecule has 0 unspecified atom stereocenters. The summed E-state index contributed by atoms with van der Waals surface area (Å²) in [7, 11) is 0. The number of nitrogens with one attached hydrogen (secondary N) is 5. The first-order valence-corrected chi connectivity index (χ1v) is 16.1. The van der Waals surface area contributed by atoms with Crippen LogP contribution in [0, 0.1) is 17.8 Å². The quantitative estimate of drug-likeness (QED) is 0.120. The first-order valence-electron chi connectivity index (χ1n) is 16.1. The lowest BCUT2D eigenvalue weighted by Gasteiger charge is -2.30. The number of rotatable bonds is 19. The first kappa shape index (κ1) is 42.3. The molecule has 0 heterocycles. The maximum atomic E-state index is 13.5. The van der Waals surface area contributed by atoms with Gasteiger partial charge in [-0.15, -0.1) is 0 Å². The molecule has 46 heavy (non-hydrogen) atoms. The van der Waals surface area contributed by atoms with Crippen molar-refractivity contribution in [2.75, 3.05) is 6.54 Å². The highest BCUT2D eigenvalue weighted by molar-refractivity contribution is 5.98. The molecule has 12 heteroatoms. The smallest absolute Gasteiger partial charge is 0.252 e. The van der Waals surface area contributed by atoms with E-state index in [1.54, 1.807) is 6.92 Å². The maximum Gasteiger partial charge on any atom is 0.252 e. The van der Waals surface area contributed by atoms with Gasteiger partial charge in [-0.2, -0.15) is 0 Å². The summed E-state index contributed by atoms with van der Waals surface area (Å²) >= 11 is 0. The first-order chi connectivity index (χ1) is 21.1. The predicted octanol–water partition coefficient (Wildman–Crippen LogP) is 3.02. The van der Waals surface area contributed by atoms with Crippen molar-refractivity contribution in [2.24, 2.45) is 17.8 Å². The van der Waals surface area contributed by atoms with Crippen LogP contribution in [0.4, 0.5) is 0 Å². The van der Waals surface area contributed by atoms with Crippen LogP contribution in [0.15, 0.2) is 24.3 Å². The summed E-state index contributed by atoms with van der Waals surface area (Å²) in [6.07, 6.45) is 0.239. The lowest BCUT2D eigenvalue weighted by Crippen LogP contribution is -2.58. The summed E-state index contributed by atoms with van der Waals surface area (Å²) in [5.74, 6) is -2.87. The number of aliphatic hydroxyl groups excluding tert-OH is 1. The minimum absolute atomic E-state index is 0. The molecule has 1 aromatic rings. The van der Waals surface area contributed by atoms with E-state index in [2.05, 4.69) is 26.6 Å². The average Bonchev–Trinajstić information content (AvgIpc) is 2.97. The van der Waals surface area contributed by atoms with Gasteiger partial charge in [0.1, 0.15) is 23.9 Å². The minimum atomic E-state index is -1.24. The van der Waals surface area contributed by atoms with Crippen molar-refractivity contribution in [3.05, 3.63) is 29.8 Å². The average molecular weight is 650 g/mol. The van der Waals surface area contributed by atoms with E-state index >= 15 is 0 Å². The summed E-state index contributed by atoms with van der Waals surface area (Å²) in [6.45, 7) is 15.2. The van der Waals surface area contributed by atoms with Crippen molar-refractivity contribution >= 4 is 29.5 Å². The van der Waals surface area contributed by atoms with Gasteiger partial charge in [0, 0.05) is 12.1 Å². The van der Waals surface area contributed by atoms with Crippen LogP contribution in [0.3, 0.4) is 0 Å². The normalized spacial score (nSPS) is 14.9. The molecule has 0 saturated carbocycles. The van der Waals surface area contributed by atoms with Gasteiger partial charge in [-0.25, -0.2) is 0 Å². The Bertz CT molecular complexity index is 1130. The van der Waals surface area contributed by atoms with Crippen molar-refractivity contribution < 1.29 is 34.2 Å². The molecule has 0 bridgehead atoms. The van der Waals surface area contributed by atoms with Crippen LogP contribution in [0.25, 0.3) is 0 Å². The number of benzene rings is 1. The molecule has 0 spiro atoms. The highest BCUT2D eigenvalue weighted by Gasteiger charge is 2.33. The zero-order valence-corrected chi connectivity index (χ0v) is 28.1. The fourth-order valence-corrected chi connectivity index (χ4v) is 4.88. The van der Waals surface area contributed by atoms with Gasteiger partial charge in [0.15, 0.2) is 0 Å². The predicted molar refractivity (Wildman–Crippen MR) is 180 cm³/mol. The van der Waals surface area contributed by atoms with E-state index in [-0.39, 0.29) is 48.8 Å². The summed E-state index contributed by atoms with van der Waals surface area (Å²) in [6, 6.07) is 2.34. The van der Waals surface area contributed by atoms with E-state index in [0.29, 0.717) is 32.2 Å². The second-order valence-electron chi connectivity index (χ2n) is 12.4. The molecule has 0 fully saturated rings. The molecule has 0 saturated heterocycles. The zero-order chi connectivity index (χ0) is 34.3. The Balaban J connectivity index is 0.0000202. The number of hydrogen-bond donors (Lipinski definition) is 7. The van der Waals surface area contributed by atoms with E-state index in [1.165, 1.54) is 24.3 Å². The van der Waals surface area contributed by atoms with Crippen molar-refractivity contribution in [3.63, 3.8) is 0 Å². The largest absolute Gasteiger partial charge is 0.508 e. The Hall–Kier alpha value is -3.67. The number of phenolic OH excluding ortho intramolecular Hbond substituents is 1. The zero-order valence-electron chi connectivity index (χ0n) is 28.1. The molecular weight excluding hydrogens is 590 g/mol. The Kier molecular flexibility index (Phi) is 19.5. The fourth-order valence-electron chi connectivity index (χ4n) is 4.88. The van der Waals surface area contributed by atoms with E-state index < -0.39 is 53.9 Å². The number of phenols is 1. The molecule has 0 aliphatic heterocycles. The Labute approximate surface area is 275 Å². The Morgan fingerprint density at radius 3 is 2.00 bits per heavy atom. The van der Waals surface area contributed by atoms with Gasteiger partial charge in [0.05, 0.1) is 18.6 Å². The molecule has 12 nitrogen and oxygen atoms in total. The molecule has 262 valence electrons. The molecule has 1 aromatic carbocycles. The van der Waals surface area contributed by atoms with Gasteiger partial charge in [0.2, 0.25) is 23.6 Å². The number of likely N-dealkylation sites (N-methyl/N-ethyl adjacent to an activating group) is 1. The molecule has 7 N–H and O–H groups in total. The Morgan fingerprint density at radius 1 is 0.826 bits per heavy atom. The summed E-state index contributed by atoms with van der Waals surface area (Å²) in [5, 5.41) is 34.6. The van der Waals surface area contributed by atoms with Gasteiger partial charge >= 0.3 is 0 Å². The van der Waals surface area contributed by atoms with Gasteiger partial charge in [-0.1, -0.05) is 74.8 Å². The van der Waals surface area contributed by atoms with Gasteiger partial charge in [-0.3, -0.25) is 24.0 Å². The van der Waals surface area contributed by atoms with Crippen molar-refractivity contribution in [1.29, 1.82) is 0 Å². The number of carbonyl (C=O) groups is 5. The number of aliphatic hydroxyl groups is 1. The third kappa shape index (κ3) is 14.2. The van der Waals surface area contributed by atoms with E-state index in [0.717, 1.165) is 0 Å². The number of hydrogen-bond acceptors (Lipinski definition) is 7. The molecule has 0 aliphatic rings. The molecule has 1 rings (SSSR count). The summed E-state index contributed by atoms with van der Waals surface area (Å²) in [4.78, 5) is 65.1. The van der Waals surface area contributed by atoms with Crippen molar-refractivity contribution in [2.45, 2.75) is 125 Å². The topological polar surface area (TPSA) is 186 Å². The van der Waals surface area contributed by atoms with Crippen LogP contribution in [0.1, 0.15) is 105 Å². The van der Waals surface area contributed by atoms with E-state index in [1.807, 2.05) is 48.5 Å². The molecular formula is C34H59N5O7. The van der Waals surface area contributed by atoms with Gasteiger partial charge in [0.25, 0.3) is 5.91 Å². The highest BCUT2D eigenvalue weighted by Crippen LogP contribution is 2.16. The fraction of sp³-hybridized carbons (Fsp3) is 0.676. The lowest BCUT2D eigenvalue weighted by molar-refractivity contribution is -0.133. The van der Waals surface area contributed by atoms with Crippen LogP contribution in [-0.4, -0.2) is 76.6 Å². The van der Waals surface area contributed by atoms with Crippen LogP contribution in [0.2, 0.25) is 0 Å². The second-order valence-corrected chi connectivity index (χ2v) is 12.4. The highest BCUT2D eigenvalue weighted by atomic mass is 16.3. The van der Waals surface area contributed by atoms with Crippen molar-refractivity contribution in [3.8, 4) is 5.75 Å². The second kappa shape index (κ2) is 21.2. The Morgan fingerprint density at radius 2 is 1.48 bits per heavy atom. The SMILES string of the molecule is C.CCC[C@H](NC(=O)[C@@H](NC(=O)c1cccc(O)c1)[C@@H](C)CC)C(=O)N[C@@H](CC(C)C)[C@@H](O)CC(=O)N[C@H](C(=O)NCC)C(C)C. The third-order valence-electron chi connectivity index (χ3n) is 7.63. The molecule has 0 aromatic heterocycles. The van der Waals surface area contributed by atoms with Crippen LogP contribution >= 0.6 is 0 Å². The van der Waals surface area contributed by atoms with Crippen molar-refractivity contribution in [1.82, 2.24) is 26.6 Å². The molecule has 6 atom stereocenters. The lowest BCUT2D eigenvalue weighted by atomic mass is 9.95. The van der Waals surface area contributed by atoms with E-state index in [9.17, 15) is 34.2 Å². The summed E-state index contributed by atoms with van der Waals surface area (Å²) < 4.78 is 0. The van der Waals surface area contributed by atoms with Gasteiger partial charge in [-0.05, 0) is 55.7 Å². The minimum Gasteiger partial charge on any atom is -0.508 e. The van der Waals surface area contributed by atoms with E-state index in [4.69, 9.17) is 0 Å². The summed E-state index contributed by atoms with van der Waals surface area (Å²) in [5.41, 5.74) is 0.194. The molecule has 0 radical (unpaired) electrons. The standard InChI is InChI=1S/C33H55N5O7.CH4/c1-9-13-24(35-33(45)29(21(8)10-2)38-30(42)22-14-12-15-23(39)17-22)31(43)36-25(16-19(4)5)26(40)18-27(41)37-28(20(6)7)32(44)34-11-3;/h12,14-15,17,19-21,24-26,28-29,39-40H,9-11,13,16,18H2,1-8H3,(H,34,44)(H,35,45)(H,36,43)(H,37,41)(H,38,42);1H4/t21-,24-,25-,26-,28-,29-;/m0./s1. The maximum absolute atomic E-state index is 13.5. The number of carbonyl (C=O) groups excluding carboxylic acids is 5. The third-order valence-corrected chi connectivity index (χ3v) is 7.63. The molecule has 0 aliphatic carbocycles. The monoisotopic (exact) mass is 649 g/mol. The number of amides is 5. The molecule has 5 amide bonds. The van der Waals surface area contributed by atoms with Crippen LogP contribution in [0.5, 0.6) is 5.75 Å².